The molecule has 1 aliphatic carbocycles. The second kappa shape index (κ2) is 6.35. The van der Waals surface area contributed by atoms with Crippen molar-refractivity contribution in [1.29, 1.82) is 0 Å². The third-order valence-corrected chi connectivity index (χ3v) is 4.10. The van der Waals surface area contributed by atoms with Crippen LogP contribution in [0.25, 0.3) is 0 Å². The molecule has 2 N–H and O–H groups in total. The first-order valence-electron chi connectivity index (χ1n) is 6.67. The molecule has 1 heterocycles. The Hall–Kier alpha value is -1.43. The molecule has 1 aromatic rings. The number of aromatic nitrogens is 1. The van der Waals surface area contributed by atoms with Gasteiger partial charge in [0.05, 0.1) is 12.0 Å². The van der Waals surface area contributed by atoms with Gasteiger partial charge in [-0.25, -0.2) is 4.98 Å². The van der Waals surface area contributed by atoms with E-state index in [4.69, 9.17) is 5.11 Å². The van der Waals surface area contributed by atoms with Crippen LogP contribution in [0.3, 0.4) is 0 Å². The molecule has 0 saturated heterocycles. The molecule has 0 aromatic carbocycles. The molecule has 0 unspecified atom stereocenters. The van der Waals surface area contributed by atoms with Crippen molar-refractivity contribution in [1.82, 2.24) is 10.3 Å². The van der Waals surface area contributed by atoms with Crippen molar-refractivity contribution < 1.29 is 14.7 Å². The Balaban J connectivity index is 2.15. The molecule has 1 aromatic heterocycles. The molecule has 1 aliphatic rings. The summed E-state index contributed by atoms with van der Waals surface area (Å²) in [5, 5.41) is 12.0. The number of carboxylic acid groups (broad SMARTS) is 1. The maximum Gasteiger partial charge on any atom is 0.305 e. The lowest BCUT2D eigenvalue weighted by atomic mass is 9.79. The van der Waals surface area contributed by atoms with E-state index in [0.717, 1.165) is 32.1 Å². The number of amides is 1. The second-order valence-corrected chi connectivity index (χ2v) is 6.05. The van der Waals surface area contributed by atoms with Crippen molar-refractivity contribution in [2.45, 2.75) is 44.1 Å². The van der Waals surface area contributed by atoms with Crippen LogP contribution in [-0.4, -0.2) is 27.5 Å². The summed E-state index contributed by atoms with van der Waals surface area (Å²) < 4.78 is 0.584. The highest BCUT2D eigenvalue weighted by atomic mass is 79.9. The lowest BCUT2D eigenvalue weighted by molar-refractivity contribution is -0.139. The fourth-order valence-electron chi connectivity index (χ4n) is 2.72. The minimum absolute atomic E-state index is 0.0228. The maximum absolute atomic E-state index is 12.3. The van der Waals surface area contributed by atoms with Crippen LogP contribution in [0.5, 0.6) is 0 Å². The summed E-state index contributed by atoms with van der Waals surface area (Å²) in [4.78, 5) is 27.4. The lowest BCUT2D eigenvalue weighted by Gasteiger charge is -2.37. The van der Waals surface area contributed by atoms with Crippen molar-refractivity contribution in [2.75, 3.05) is 0 Å². The summed E-state index contributed by atoms with van der Waals surface area (Å²) in [6.07, 6.45) is 5.96. The van der Waals surface area contributed by atoms with E-state index in [-0.39, 0.29) is 12.3 Å². The molecule has 108 valence electrons. The van der Waals surface area contributed by atoms with Crippen LogP contribution in [0.1, 0.15) is 48.9 Å². The van der Waals surface area contributed by atoms with Crippen molar-refractivity contribution in [3.63, 3.8) is 0 Å². The molecule has 20 heavy (non-hydrogen) atoms. The van der Waals surface area contributed by atoms with Crippen LogP contribution >= 0.6 is 15.9 Å². The van der Waals surface area contributed by atoms with E-state index in [1.54, 1.807) is 18.3 Å². The Labute approximate surface area is 125 Å². The number of carboxylic acids is 1. The highest BCUT2D eigenvalue weighted by molar-refractivity contribution is 9.10. The number of carbonyl (C=O) groups is 2. The molecule has 0 atom stereocenters. The summed E-state index contributed by atoms with van der Waals surface area (Å²) in [5.41, 5.74) is -0.126. The molecule has 5 nitrogen and oxygen atoms in total. The van der Waals surface area contributed by atoms with Crippen LogP contribution in [0.15, 0.2) is 22.9 Å². The van der Waals surface area contributed by atoms with Crippen LogP contribution < -0.4 is 5.32 Å². The predicted octanol–water partition coefficient (Wildman–Crippen LogP) is 2.75. The number of halogens is 1. The number of aliphatic carboxylic acids is 1. The molecule has 6 heteroatoms. The molecular weight excluding hydrogens is 324 g/mol. The number of pyridine rings is 1. The Bertz CT molecular complexity index is 513. The first kappa shape index (κ1) is 15.0. The van der Waals surface area contributed by atoms with E-state index >= 15 is 0 Å². The van der Waals surface area contributed by atoms with Gasteiger partial charge in [0.1, 0.15) is 4.60 Å². The Morgan fingerprint density at radius 1 is 1.35 bits per heavy atom. The zero-order valence-corrected chi connectivity index (χ0v) is 12.6. The van der Waals surface area contributed by atoms with Gasteiger partial charge >= 0.3 is 5.97 Å². The number of nitrogens with one attached hydrogen (secondary N) is 1. The molecule has 1 saturated carbocycles. The topological polar surface area (TPSA) is 79.3 Å². The zero-order chi connectivity index (χ0) is 14.6. The van der Waals surface area contributed by atoms with E-state index in [2.05, 4.69) is 26.2 Å². The number of hydrogen-bond acceptors (Lipinski definition) is 3. The van der Waals surface area contributed by atoms with Crippen molar-refractivity contribution in [2.24, 2.45) is 0 Å². The third kappa shape index (κ3) is 3.79. The first-order chi connectivity index (χ1) is 9.51. The largest absolute Gasteiger partial charge is 0.481 e. The average Bonchev–Trinajstić information content (AvgIpc) is 2.38. The normalized spacial score (nSPS) is 17.4. The van der Waals surface area contributed by atoms with E-state index in [0.29, 0.717) is 10.2 Å². The van der Waals surface area contributed by atoms with Gasteiger partial charge in [-0.2, -0.15) is 0 Å². The number of hydrogen-bond donors (Lipinski definition) is 2. The van der Waals surface area contributed by atoms with Crippen LogP contribution in [0.2, 0.25) is 0 Å². The summed E-state index contributed by atoms with van der Waals surface area (Å²) in [7, 11) is 0. The van der Waals surface area contributed by atoms with Gasteiger partial charge in [-0.1, -0.05) is 19.3 Å². The lowest BCUT2D eigenvalue weighted by Crippen LogP contribution is -2.51. The third-order valence-electron chi connectivity index (χ3n) is 3.67. The van der Waals surface area contributed by atoms with E-state index < -0.39 is 11.5 Å². The molecule has 0 radical (unpaired) electrons. The van der Waals surface area contributed by atoms with Crippen LogP contribution in [-0.2, 0) is 4.79 Å². The van der Waals surface area contributed by atoms with E-state index in [1.165, 1.54) is 0 Å². The molecule has 1 fully saturated rings. The molecular formula is C14H17BrN2O3. The number of rotatable bonds is 4. The van der Waals surface area contributed by atoms with Crippen molar-refractivity contribution >= 4 is 27.8 Å². The average molecular weight is 341 g/mol. The molecule has 1 amide bonds. The van der Waals surface area contributed by atoms with Gasteiger partial charge in [0.2, 0.25) is 0 Å². The SMILES string of the molecule is O=C(O)CC1(NC(=O)c2ccnc(Br)c2)CCCCC1. The standard InChI is InChI=1S/C14H17BrN2O3/c15-11-8-10(4-7-16-11)13(20)17-14(9-12(18)19)5-2-1-3-6-14/h4,7-8H,1-3,5-6,9H2,(H,17,20)(H,18,19). The highest BCUT2D eigenvalue weighted by Gasteiger charge is 2.36. The van der Waals surface area contributed by atoms with Crippen LogP contribution in [0.4, 0.5) is 0 Å². The van der Waals surface area contributed by atoms with Crippen molar-refractivity contribution in [3.8, 4) is 0 Å². The molecule has 0 bridgehead atoms. The van der Waals surface area contributed by atoms with Gasteiger partial charge in [-0.15, -0.1) is 0 Å². The molecule has 0 spiro atoms. The number of nitrogens with zero attached hydrogens (tertiary/aromatic N) is 1. The summed E-state index contributed by atoms with van der Waals surface area (Å²) in [6.45, 7) is 0. The molecule has 0 aliphatic heterocycles. The van der Waals surface area contributed by atoms with Gasteiger partial charge in [-0.3, -0.25) is 9.59 Å². The molecule has 2 rings (SSSR count). The van der Waals surface area contributed by atoms with E-state index in [1.807, 2.05) is 0 Å². The predicted molar refractivity (Wildman–Crippen MR) is 77.5 cm³/mol. The fraction of sp³-hybridized carbons (Fsp3) is 0.500. The van der Waals surface area contributed by atoms with Gasteiger partial charge < -0.3 is 10.4 Å². The highest BCUT2D eigenvalue weighted by Crippen LogP contribution is 2.31. The Kier molecular flexibility index (Phi) is 4.75. The fourth-order valence-corrected chi connectivity index (χ4v) is 3.09. The Morgan fingerprint density at radius 3 is 2.65 bits per heavy atom. The summed E-state index contributed by atoms with van der Waals surface area (Å²) >= 11 is 3.22. The quantitative estimate of drug-likeness (QED) is 0.826. The summed E-state index contributed by atoms with van der Waals surface area (Å²) in [5.74, 6) is -1.11. The van der Waals surface area contributed by atoms with Gasteiger partial charge in [0.25, 0.3) is 5.91 Å². The first-order valence-corrected chi connectivity index (χ1v) is 7.46. The van der Waals surface area contributed by atoms with Crippen molar-refractivity contribution in [3.05, 3.63) is 28.5 Å². The monoisotopic (exact) mass is 340 g/mol. The number of carbonyl (C=O) groups excluding carboxylic acids is 1. The van der Waals surface area contributed by atoms with E-state index in [9.17, 15) is 9.59 Å². The zero-order valence-electron chi connectivity index (χ0n) is 11.1. The van der Waals surface area contributed by atoms with Gasteiger partial charge in [-0.05, 0) is 40.9 Å². The smallest absolute Gasteiger partial charge is 0.305 e. The minimum Gasteiger partial charge on any atom is -0.481 e. The minimum atomic E-state index is -0.872. The summed E-state index contributed by atoms with van der Waals surface area (Å²) in [6, 6.07) is 3.25. The van der Waals surface area contributed by atoms with Crippen LogP contribution in [0, 0.1) is 0 Å². The Morgan fingerprint density at radius 2 is 2.05 bits per heavy atom. The second-order valence-electron chi connectivity index (χ2n) is 5.23. The van der Waals surface area contributed by atoms with Gasteiger partial charge in [0, 0.05) is 11.8 Å². The van der Waals surface area contributed by atoms with Gasteiger partial charge in [0.15, 0.2) is 0 Å². The maximum atomic E-state index is 12.3.